The number of nitrogens with zero attached hydrogens (tertiary/aromatic N) is 5. The Morgan fingerprint density at radius 3 is 2.78 bits per heavy atom. The normalized spacial score (nSPS) is 16.7. The van der Waals surface area contributed by atoms with Gasteiger partial charge in [-0.05, 0) is 50.7 Å². The summed E-state index contributed by atoms with van der Waals surface area (Å²) in [7, 11) is 5.22. The van der Waals surface area contributed by atoms with Gasteiger partial charge in [-0.3, -0.25) is 4.79 Å². The maximum Gasteiger partial charge on any atom is 0.231 e. The molecule has 1 unspecified atom stereocenters. The van der Waals surface area contributed by atoms with Gasteiger partial charge in [-0.2, -0.15) is 4.52 Å². The number of hydrogen-bond acceptors (Lipinski definition) is 8. The van der Waals surface area contributed by atoms with Gasteiger partial charge in [0.25, 0.3) is 0 Å². The lowest BCUT2D eigenvalue weighted by molar-refractivity contribution is -0.126. The van der Waals surface area contributed by atoms with Gasteiger partial charge in [0.2, 0.25) is 11.8 Å². The molecule has 0 aliphatic carbocycles. The molecule has 1 saturated heterocycles. The molecule has 10 heteroatoms. The lowest BCUT2D eigenvalue weighted by Crippen LogP contribution is -2.42. The molecule has 1 fully saturated rings. The second kappa shape index (κ2) is 9.82. The Balaban J connectivity index is 1.40. The van der Waals surface area contributed by atoms with Crippen LogP contribution in [0, 0.1) is 5.92 Å². The summed E-state index contributed by atoms with van der Waals surface area (Å²) in [6.45, 7) is 2.59. The zero-order valence-electron chi connectivity index (χ0n) is 18.6. The van der Waals surface area contributed by atoms with Crippen LogP contribution in [0.2, 0.25) is 0 Å². The van der Waals surface area contributed by atoms with E-state index in [2.05, 4.69) is 25.5 Å². The largest absolute Gasteiger partial charge is 0.493 e. The Morgan fingerprint density at radius 1 is 1.16 bits per heavy atom. The van der Waals surface area contributed by atoms with E-state index in [1.54, 1.807) is 30.9 Å². The minimum atomic E-state index is 0.0456. The second-order valence-corrected chi connectivity index (χ2v) is 7.78. The monoisotopic (exact) mass is 440 g/mol. The molecule has 1 amide bonds. The number of rotatable bonds is 8. The van der Waals surface area contributed by atoms with Gasteiger partial charge in [0, 0.05) is 18.2 Å². The number of nitrogens with one attached hydrogen (secondary N) is 1. The summed E-state index contributed by atoms with van der Waals surface area (Å²) in [6, 6.07) is 9.02. The Labute approximate surface area is 186 Å². The molecule has 170 valence electrons. The summed E-state index contributed by atoms with van der Waals surface area (Å²) in [4.78, 5) is 14.5. The fourth-order valence-corrected chi connectivity index (χ4v) is 3.86. The van der Waals surface area contributed by atoms with E-state index in [0.717, 1.165) is 31.5 Å². The standard InChI is InChI=1S/C22H28N6O4/c1-27-11-4-5-16(14-27)22(29)23-10-12-32-20-9-8-19-24-25-21(28(19)26-20)15-6-7-17(30-2)18(13-15)31-3/h6-9,13,16H,4-5,10-12,14H2,1-3H3,(H,23,29). The summed E-state index contributed by atoms with van der Waals surface area (Å²) >= 11 is 0. The molecule has 10 nitrogen and oxygen atoms in total. The molecule has 1 N–H and O–H groups in total. The van der Waals surface area contributed by atoms with E-state index in [4.69, 9.17) is 14.2 Å². The first-order valence-electron chi connectivity index (χ1n) is 10.6. The number of likely N-dealkylation sites (tertiary alicyclic amines) is 1. The molecule has 1 aromatic carbocycles. The highest BCUT2D eigenvalue weighted by Gasteiger charge is 2.23. The summed E-state index contributed by atoms with van der Waals surface area (Å²) in [5, 5.41) is 15.9. The number of piperidine rings is 1. The number of benzene rings is 1. The lowest BCUT2D eigenvalue weighted by Gasteiger charge is -2.28. The quantitative estimate of drug-likeness (QED) is 0.528. The van der Waals surface area contributed by atoms with Crippen molar-refractivity contribution < 1.29 is 19.0 Å². The highest BCUT2D eigenvalue weighted by molar-refractivity contribution is 5.78. The number of hydrogen-bond donors (Lipinski definition) is 1. The van der Waals surface area contributed by atoms with E-state index in [1.165, 1.54) is 0 Å². The van der Waals surface area contributed by atoms with Gasteiger partial charge in [0.05, 0.1) is 26.7 Å². The van der Waals surface area contributed by atoms with E-state index in [1.807, 2.05) is 25.2 Å². The van der Waals surface area contributed by atoms with Gasteiger partial charge in [-0.25, -0.2) is 0 Å². The molecule has 0 saturated carbocycles. The number of methoxy groups -OCH3 is 2. The predicted molar refractivity (Wildman–Crippen MR) is 118 cm³/mol. The van der Waals surface area contributed by atoms with E-state index < -0.39 is 0 Å². The molecule has 3 aromatic rings. The number of carbonyl (C=O) groups is 1. The van der Waals surface area contributed by atoms with Crippen LogP contribution in [-0.2, 0) is 4.79 Å². The van der Waals surface area contributed by atoms with Gasteiger partial charge in [0.15, 0.2) is 23.0 Å². The first-order chi connectivity index (χ1) is 15.6. The minimum Gasteiger partial charge on any atom is -0.493 e. The zero-order valence-corrected chi connectivity index (χ0v) is 18.6. The topological polar surface area (TPSA) is 103 Å². The molecule has 1 aliphatic heterocycles. The summed E-state index contributed by atoms with van der Waals surface area (Å²) in [5.41, 5.74) is 1.38. The van der Waals surface area contributed by atoms with Crippen molar-refractivity contribution in [3.8, 4) is 28.8 Å². The number of ether oxygens (including phenoxy) is 3. The van der Waals surface area contributed by atoms with Crippen LogP contribution in [0.1, 0.15) is 12.8 Å². The van der Waals surface area contributed by atoms with E-state index in [-0.39, 0.29) is 11.8 Å². The Hall–Kier alpha value is -3.40. The van der Waals surface area contributed by atoms with Crippen molar-refractivity contribution in [1.29, 1.82) is 0 Å². The predicted octanol–water partition coefficient (Wildman–Crippen LogP) is 1.65. The Kier molecular flexibility index (Phi) is 6.69. The van der Waals surface area contributed by atoms with Gasteiger partial charge < -0.3 is 24.4 Å². The summed E-state index contributed by atoms with van der Waals surface area (Å²) < 4.78 is 18.1. The molecular formula is C22H28N6O4. The van der Waals surface area contributed by atoms with Crippen molar-refractivity contribution in [2.75, 3.05) is 47.5 Å². The van der Waals surface area contributed by atoms with Crippen LogP contribution in [-0.4, -0.2) is 78.1 Å². The fraction of sp³-hybridized carbons (Fsp3) is 0.455. The van der Waals surface area contributed by atoms with E-state index >= 15 is 0 Å². The minimum absolute atomic E-state index is 0.0456. The average Bonchev–Trinajstić information content (AvgIpc) is 3.24. The number of fused-ring (bicyclic) bond motifs is 1. The third kappa shape index (κ3) is 4.75. The van der Waals surface area contributed by atoms with Gasteiger partial charge in [-0.15, -0.1) is 15.3 Å². The SMILES string of the molecule is COc1ccc(-c2nnc3ccc(OCCNC(=O)C4CCCN(C)C4)nn23)cc1OC. The van der Waals surface area contributed by atoms with E-state index in [0.29, 0.717) is 42.0 Å². The van der Waals surface area contributed by atoms with E-state index in [9.17, 15) is 4.79 Å². The van der Waals surface area contributed by atoms with Crippen LogP contribution in [0.25, 0.3) is 17.0 Å². The number of aromatic nitrogens is 4. The summed E-state index contributed by atoms with van der Waals surface area (Å²) in [6.07, 6.45) is 1.98. The van der Waals surface area contributed by atoms with Crippen LogP contribution in [0.4, 0.5) is 0 Å². The van der Waals surface area contributed by atoms with Gasteiger partial charge in [-0.1, -0.05) is 0 Å². The third-order valence-electron chi connectivity index (χ3n) is 5.53. The van der Waals surface area contributed by atoms with Crippen LogP contribution >= 0.6 is 0 Å². The van der Waals surface area contributed by atoms with Gasteiger partial charge >= 0.3 is 0 Å². The summed E-state index contributed by atoms with van der Waals surface area (Å²) in [5.74, 6) is 2.33. The molecule has 32 heavy (non-hydrogen) atoms. The van der Waals surface area contributed by atoms with Crippen molar-refractivity contribution in [2.45, 2.75) is 12.8 Å². The third-order valence-corrected chi connectivity index (χ3v) is 5.53. The molecular weight excluding hydrogens is 412 g/mol. The molecule has 4 rings (SSSR count). The lowest BCUT2D eigenvalue weighted by atomic mass is 9.98. The Bertz CT molecular complexity index is 1090. The maximum atomic E-state index is 12.3. The van der Waals surface area contributed by atoms with Crippen molar-refractivity contribution in [3.05, 3.63) is 30.3 Å². The number of amides is 1. The zero-order chi connectivity index (χ0) is 22.5. The molecule has 0 spiro atoms. The fourth-order valence-electron chi connectivity index (χ4n) is 3.86. The second-order valence-electron chi connectivity index (χ2n) is 7.78. The molecule has 3 heterocycles. The smallest absolute Gasteiger partial charge is 0.231 e. The van der Waals surface area contributed by atoms with Crippen LogP contribution in [0.15, 0.2) is 30.3 Å². The molecule has 1 atom stereocenters. The van der Waals surface area contributed by atoms with Crippen molar-refractivity contribution in [2.24, 2.45) is 5.92 Å². The molecule has 2 aromatic heterocycles. The first-order valence-corrected chi connectivity index (χ1v) is 10.6. The van der Waals surface area contributed by atoms with Gasteiger partial charge in [0.1, 0.15) is 6.61 Å². The molecule has 0 radical (unpaired) electrons. The van der Waals surface area contributed by atoms with Crippen LogP contribution in [0.3, 0.4) is 0 Å². The van der Waals surface area contributed by atoms with Crippen molar-refractivity contribution in [3.63, 3.8) is 0 Å². The number of carbonyl (C=O) groups excluding carboxylic acids is 1. The molecule has 1 aliphatic rings. The molecule has 0 bridgehead atoms. The first kappa shape index (κ1) is 21.8. The van der Waals surface area contributed by atoms with Crippen LogP contribution in [0.5, 0.6) is 17.4 Å². The van der Waals surface area contributed by atoms with Crippen molar-refractivity contribution in [1.82, 2.24) is 30.0 Å². The average molecular weight is 441 g/mol. The highest BCUT2D eigenvalue weighted by Crippen LogP contribution is 2.31. The highest BCUT2D eigenvalue weighted by atomic mass is 16.5. The van der Waals surface area contributed by atoms with Crippen molar-refractivity contribution >= 4 is 11.6 Å². The Morgan fingerprint density at radius 2 is 2.00 bits per heavy atom. The maximum absolute atomic E-state index is 12.3. The van der Waals surface area contributed by atoms with Crippen LogP contribution < -0.4 is 19.5 Å².